The minimum Gasteiger partial charge on any atom is -0.473 e. The van der Waals surface area contributed by atoms with Crippen molar-refractivity contribution in [2.45, 2.75) is 39.8 Å². The number of carboxylic acids is 2. The molecular formula is C24H30N2O5. The number of hydrogen-bond acceptors (Lipinski definition) is 4. The Morgan fingerprint density at radius 1 is 0.839 bits per heavy atom. The first-order valence-corrected chi connectivity index (χ1v) is 10.3. The van der Waals surface area contributed by atoms with E-state index in [1.807, 2.05) is 0 Å². The van der Waals surface area contributed by atoms with Crippen LogP contribution in [0.4, 0.5) is 0 Å². The number of nitrogens with one attached hydrogen (secondary N) is 1. The number of hydrogen-bond donors (Lipinski definition) is 3. The first-order valence-electron chi connectivity index (χ1n) is 10.3. The van der Waals surface area contributed by atoms with Gasteiger partial charge in [-0.15, -0.1) is 0 Å². The van der Waals surface area contributed by atoms with Crippen molar-refractivity contribution >= 4 is 17.8 Å². The van der Waals surface area contributed by atoms with E-state index in [0.717, 1.165) is 38.0 Å². The molecular weight excluding hydrogens is 396 g/mol. The zero-order valence-electron chi connectivity index (χ0n) is 18.0. The van der Waals surface area contributed by atoms with Crippen molar-refractivity contribution in [3.63, 3.8) is 0 Å². The Kier molecular flexibility index (Phi) is 9.21. The molecule has 1 amide bonds. The molecule has 1 aliphatic heterocycles. The van der Waals surface area contributed by atoms with E-state index in [2.05, 4.69) is 72.6 Å². The average Bonchev–Trinajstić information content (AvgIpc) is 2.75. The molecule has 3 N–H and O–H groups in total. The van der Waals surface area contributed by atoms with Crippen LogP contribution in [-0.4, -0.2) is 46.0 Å². The second-order valence-electron chi connectivity index (χ2n) is 7.85. The number of amides is 1. The number of aryl methyl sites for hydroxylation is 2. The Labute approximate surface area is 182 Å². The van der Waals surface area contributed by atoms with Crippen LogP contribution < -0.4 is 5.32 Å². The van der Waals surface area contributed by atoms with Crippen molar-refractivity contribution in [1.82, 2.24) is 10.2 Å². The fourth-order valence-corrected chi connectivity index (χ4v) is 3.34. The van der Waals surface area contributed by atoms with Gasteiger partial charge in [0, 0.05) is 19.0 Å². The summed E-state index contributed by atoms with van der Waals surface area (Å²) in [4.78, 5) is 33.1. The molecule has 1 heterocycles. The lowest BCUT2D eigenvalue weighted by Crippen LogP contribution is -2.40. The summed E-state index contributed by atoms with van der Waals surface area (Å²) in [6.45, 7) is 7.80. The number of benzene rings is 2. The fraction of sp³-hybridized carbons (Fsp3) is 0.375. The molecule has 7 nitrogen and oxygen atoms in total. The van der Waals surface area contributed by atoms with Crippen molar-refractivity contribution in [1.29, 1.82) is 0 Å². The summed E-state index contributed by atoms with van der Waals surface area (Å²) in [5, 5.41) is 17.9. The van der Waals surface area contributed by atoms with E-state index in [4.69, 9.17) is 19.8 Å². The summed E-state index contributed by atoms with van der Waals surface area (Å²) < 4.78 is 0. The molecule has 7 heteroatoms. The molecule has 0 saturated carbocycles. The van der Waals surface area contributed by atoms with Gasteiger partial charge in [-0.25, -0.2) is 9.59 Å². The molecule has 0 spiro atoms. The molecule has 0 unspecified atom stereocenters. The van der Waals surface area contributed by atoms with Crippen molar-refractivity contribution in [2.24, 2.45) is 5.92 Å². The zero-order chi connectivity index (χ0) is 22.8. The van der Waals surface area contributed by atoms with Crippen molar-refractivity contribution in [3.05, 3.63) is 70.8 Å². The maximum absolute atomic E-state index is 12.4. The van der Waals surface area contributed by atoms with Crippen LogP contribution in [0.3, 0.4) is 0 Å². The van der Waals surface area contributed by atoms with Crippen LogP contribution in [0.2, 0.25) is 0 Å². The topological polar surface area (TPSA) is 107 Å². The Morgan fingerprint density at radius 2 is 1.29 bits per heavy atom. The third-order valence-electron chi connectivity index (χ3n) is 5.26. The molecule has 1 saturated heterocycles. The summed E-state index contributed by atoms with van der Waals surface area (Å²) in [5.41, 5.74) is 5.06. The molecule has 0 radical (unpaired) electrons. The molecule has 31 heavy (non-hydrogen) atoms. The lowest BCUT2D eigenvalue weighted by Gasteiger charge is -2.31. The van der Waals surface area contributed by atoms with Crippen molar-refractivity contribution < 1.29 is 24.6 Å². The van der Waals surface area contributed by atoms with Gasteiger partial charge in [0.05, 0.1) is 0 Å². The molecule has 1 aliphatic rings. The molecule has 3 rings (SSSR count). The lowest BCUT2D eigenvalue weighted by molar-refractivity contribution is -0.159. The minimum atomic E-state index is -1.82. The number of aliphatic carboxylic acids is 2. The van der Waals surface area contributed by atoms with Gasteiger partial charge in [-0.1, -0.05) is 59.7 Å². The molecule has 0 aliphatic carbocycles. The molecule has 0 bridgehead atoms. The van der Waals surface area contributed by atoms with Crippen molar-refractivity contribution in [3.8, 4) is 0 Å². The predicted molar refractivity (Wildman–Crippen MR) is 117 cm³/mol. The van der Waals surface area contributed by atoms with Crippen LogP contribution in [0.15, 0.2) is 48.5 Å². The maximum atomic E-state index is 12.4. The number of carboxylic acid groups (broad SMARTS) is 2. The summed E-state index contributed by atoms with van der Waals surface area (Å²) in [5.74, 6) is -3.29. The maximum Gasteiger partial charge on any atom is 0.414 e. The molecule has 0 aromatic heterocycles. The van der Waals surface area contributed by atoms with Gasteiger partial charge in [-0.05, 0) is 50.9 Å². The highest BCUT2D eigenvalue weighted by molar-refractivity contribution is 6.27. The van der Waals surface area contributed by atoms with Gasteiger partial charge < -0.3 is 15.5 Å². The Morgan fingerprint density at radius 3 is 1.74 bits per heavy atom. The van der Waals surface area contributed by atoms with Crippen LogP contribution >= 0.6 is 0 Å². The fourth-order valence-electron chi connectivity index (χ4n) is 3.34. The standard InChI is InChI=1S/C22H28N2O.C2H2O4/c1-17-3-7-19(8-4-17)15-23-22(25)21-11-13-24(14-12-21)16-20-9-5-18(2)6-10-20;3-1(4)2(5)6/h3-10,21H,11-16H2,1-2H3,(H,23,25);(H,3,4)(H,5,6). The normalized spacial score (nSPS) is 14.3. The van der Waals surface area contributed by atoms with Gasteiger partial charge in [-0.3, -0.25) is 9.69 Å². The third-order valence-corrected chi connectivity index (χ3v) is 5.26. The highest BCUT2D eigenvalue weighted by atomic mass is 16.4. The first kappa shape index (κ1) is 24.1. The van der Waals surface area contributed by atoms with Gasteiger partial charge in [0.1, 0.15) is 0 Å². The van der Waals surface area contributed by atoms with Crippen LogP contribution in [-0.2, 0) is 27.5 Å². The van der Waals surface area contributed by atoms with E-state index in [9.17, 15) is 4.79 Å². The molecule has 2 aromatic rings. The molecule has 2 aromatic carbocycles. The number of carbonyl (C=O) groups is 3. The van der Waals surface area contributed by atoms with E-state index in [1.165, 1.54) is 16.7 Å². The van der Waals surface area contributed by atoms with E-state index >= 15 is 0 Å². The number of likely N-dealkylation sites (tertiary alicyclic amines) is 1. The monoisotopic (exact) mass is 426 g/mol. The predicted octanol–water partition coefficient (Wildman–Crippen LogP) is 2.99. The number of rotatable bonds is 5. The summed E-state index contributed by atoms with van der Waals surface area (Å²) in [7, 11) is 0. The Hall–Kier alpha value is -3.19. The van der Waals surface area contributed by atoms with Crippen LogP contribution in [0, 0.1) is 19.8 Å². The van der Waals surface area contributed by atoms with E-state index in [0.29, 0.717) is 6.54 Å². The molecule has 166 valence electrons. The number of carbonyl (C=O) groups excluding carboxylic acids is 1. The van der Waals surface area contributed by atoms with Gasteiger partial charge in [0.15, 0.2) is 0 Å². The summed E-state index contributed by atoms with van der Waals surface area (Å²) in [6, 6.07) is 17.1. The summed E-state index contributed by atoms with van der Waals surface area (Å²) >= 11 is 0. The van der Waals surface area contributed by atoms with Gasteiger partial charge in [0.2, 0.25) is 5.91 Å². The minimum absolute atomic E-state index is 0.153. The van der Waals surface area contributed by atoms with E-state index < -0.39 is 11.9 Å². The molecule has 1 fully saturated rings. The first-order chi connectivity index (χ1) is 14.7. The van der Waals surface area contributed by atoms with Gasteiger partial charge in [-0.2, -0.15) is 0 Å². The molecule has 0 atom stereocenters. The second-order valence-corrected chi connectivity index (χ2v) is 7.85. The SMILES string of the molecule is Cc1ccc(CNC(=O)C2CCN(Cc3ccc(C)cc3)CC2)cc1.O=C(O)C(=O)O. The zero-order valence-corrected chi connectivity index (χ0v) is 18.0. The highest BCUT2D eigenvalue weighted by Crippen LogP contribution is 2.19. The van der Waals surface area contributed by atoms with Crippen LogP contribution in [0.1, 0.15) is 35.1 Å². The lowest BCUT2D eigenvalue weighted by atomic mass is 9.95. The number of nitrogens with zero attached hydrogens (tertiary/aromatic N) is 1. The van der Waals surface area contributed by atoms with Gasteiger partial charge in [0.25, 0.3) is 0 Å². The Bertz CT molecular complexity index is 858. The smallest absolute Gasteiger partial charge is 0.414 e. The quantitative estimate of drug-likeness (QED) is 0.635. The average molecular weight is 427 g/mol. The van der Waals surface area contributed by atoms with Crippen LogP contribution in [0.5, 0.6) is 0 Å². The summed E-state index contributed by atoms with van der Waals surface area (Å²) in [6.07, 6.45) is 1.90. The van der Waals surface area contributed by atoms with Crippen molar-refractivity contribution in [2.75, 3.05) is 13.1 Å². The van der Waals surface area contributed by atoms with E-state index in [-0.39, 0.29) is 11.8 Å². The number of piperidine rings is 1. The second kappa shape index (κ2) is 11.9. The largest absolute Gasteiger partial charge is 0.473 e. The Balaban J connectivity index is 0.000000501. The van der Waals surface area contributed by atoms with Gasteiger partial charge >= 0.3 is 11.9 Å². The van der Waals surface area contributed by atoms with E-state index in [1.54, 1.807) is 0 Å². The highest BCUT2D eigenvalue weighted by Gasteiger charge is 2.24. The van der Waals surface area contributed by atoms with Crippen LogP contribution in [0.25, 0.3) is 0 Å². The third kappa shape index (κ3) is 8.60.